The molecule has 3 nitrogen and oxygen atoms in total. The maximum absolute atomic E-state index is 6.06. The molecule has 2 rings (SSSR count). The highest BCUT2D eigenvalue weighted by Gasteiger charge is 2.04. The van der Waals surface area contributed by atoms with Gasteiger partial charge in [0.1, 0.15) is 0 Å². The van der Waals surface area contributed by atoms with Crippen LogP contribution < -0.4 is 5.73 Å². The Balaban J connectivity index is 2.31. The molecule has 2 aromatic rings. The van der Waals surface area contributed by atoms with E-state index in [9.17, 15) is 0 Å². The number of hydrogen-bond acceptors (Lipinski definition) is 3. The molecule has 2 N–H and O–H groups in total. The van der Waals surface area contributed by atoms with Crippen LogP contribution in [0.15, 0.2) is 36.7 Å². The monoisotopic (exact) mass is 233 g/mol. The number of nitrogens with two attached hydrogens (primary N) is 1. The lowest BCUT2D eigenvalue weighted by Crippen LogP contribution is -2.03. The van der Waals surface area contributed by atoms with Crippen LogP contribution in [0.25, 0.3) is 11.4 Å². The molecule has 0 aliphatic heterocycles. The lowest BCUT2D eigenvalue weighted by atomic mass is 10.2. The third-order valence-corrected chi connectivity index (χ3v) is 2.58. The Hall–Kier alpha value is -1.45. The first-order chi connectivity index (χ1) is 7.81. The first-order valence-electron chi connectivity index (χ1n) is 5.07. The number of halogens is 1. The summed E-state index contributed by atoms with van der Waals surface area (Å²) < 4.78 is 0. The van der Waals surface area contributed by atoms with Gasteiger partial charge >= 0.3 is 0 Å². The summed E-state index contributed by atoms with van der Waals surface area (Å²) in [6, 6.07) is 7.53. The molecule has 0 atom stereocenters. The Kier molecular flexibility index (Phi) is 3.49. The molecule has 0 fully saturated rings. The minimum absolute atomic E-state index is 0.606. The molecule has 1 heterocycles. The van der Waals surface area contributed by atoms with Crippen molar-refractivity contribution >= 4 is 11.6 Å². The fourth-order valence-corrected chi connectivity index (χ4v) is 1.65. The molecular weight excluding hydrogens is 222 g/mol. The molecule has 0 saturated heterocycles. The van der Waals surface area contributed by atoms with Crippen molar-refractivity contribution in [3.8, 4) is 11.4 Å². The van der Waals surface area contributed by atoms with Crippen molar-refractivity contribution < 1.29 is 0 Å². The fourth-order valence-electron chi connectivity index (χ4n) is 1.43. The first-order valence-corrected chi connectivity index (χ1v) is 5.45. The summed E-state index contributed by atoms with van der Waals surface area (Å²) in [5.41, 5.74) is 7.35. The van der Waals surface area contributed by atoms with Gasteiger partial charge in [-0.05, 0) is 30.7 Å². The van der Waals surface area contributed by atoms with E-state index >= 15 is 0 Å². The maximum atomic E-state index is 6.06. The summed E-state index contributed by atoms with van der Waals surface area (Å²) in [4.78, 5) is 8.55. The summed E-state index contributed by atoms with van der Waals surface area (Å²) in [5.74, 6) is 0.645. The Bertz CT molecular complexity index is 468. The lowest BCUT2D eigenvalue weighted by molar-refractivity contribution is 0.943. The summed E-state index contributed by atoms with van der Waals surface area (Å²) >= 11 is 6.06. The van der Waals surface area contributed by atoms with E-state index in [2.05, 4.69) is 9.97 Å². The van der Waals surface area contributed by atoms with Gasteiger partial charge < -0.3 is 5.73 Å². The highest BCUT2D eigenvalue weighted by Crippen LogP contribution is 2.23. The number of rotatable bonds is 3. The van der Waals surface area contributed by atoms with Crippen molar-refractivity contribution in [2.75, 3.05) is 6.54 Å². The van der Waals surface area contributed by atoms with Crippen LogP contribution in [0.4, 0.5) is 0 Å². The van der Waals surface area contributed by atoms with Gasteiger partial charge in [0.25, 0.3) is 0 Å². The van der Waals surface area contributed by atoms with Gasteiger partial charge in [-0.25, -0.2) is 9.97 Å². The second kappa shape index (κ2) is 5.05. The van der Waals surface area contributed by atoms with Crippen LogP contribution in [-0.4, -0.2) is 16.5 Å². The van der Waals surface area contributed by atoms with Crippen LogP contribution in [0.2, 0.25) is 5.02 Å². The summed E-state index contributed by atoms with van der Waals surface area (Å²) in [7, 11) is 0. The second-order valence-corrected chi connectivity index (χ2v) is 3.84. The van der Waals surface area contributed by atoms with Gasteiger partial charge in [-0.15, -0.1) is 0 Å². The van der Waals surface area contributed by atoms with Crippen molar-refractivity contribution in [3.63, 3.8) is 0 Å². The van der Waals surface area contributed by atoms with Crippen LogP contribution in [0.5, 0.6) is 0 Å². The van der Waals surface area contributed by atoms with Crippen molar-refractivity contribution in [2.24, 2.45) is 5.73 Å². The zero-order chi connectivity index (χ0) is 11.4. The third-order valence-electron chi connectivity index (χ3n) is 2.25. The molecule has 82 valence electrons. The van der Waals surface area contributed by atoms with Crippen LogP contribution in [0.3, 0.4) is 0 Å². The molecule has 0 aliphatic carbocycles. The second-order valence-electron chi connectivity index (χ2n) is 3.43. The Labute approximate surface area is 99.3 Å². The predicted octanol–water partition coefficient (Wildman–Crippen LogP) is 2.30. The Morgan fingerprint density at radius 3 is 2.44 bits per heavy atom. The van der Waals surface area contributed by atoms with E-state index in [1.807, 2.05) is 24.3 Å². The number of benzene rings is 1. The largest absolute Gasteiger partial charge is 0.330 e. The maximum Gasteiger partial charge on any atom is 0.160 e. The number of aromatic nitrogens is 2. The van der Waals surface area contributed by atoms with Crippen molar-refractivity contribution in [1.82, 2.24) is 9.97 Å². The molecule has 1 aromatic heterocycles. The van der Waals surface area contributed by atoms with Gasteiger partial charge in [-0.3, -0.25) is 0 Å². The van der Waals surface area contributed by atoms with Crippen LogP contribution >= 0.6 is 11.6 Å². The molecule has 0 radical (unpaired) electrons. The molecule has 16 heavy (non-hydrogen) atoms. The Morgan fingerprint density at radius 1 is 1.12 bits per heavy atom. The van der Waals surface area contributed by atoms with Gasteiger partial charge in [-0.1, -0.05) is 23.7 Å². The molecular formula is C12H12ClN3. The smallest absolute Gasteiger partial charge is 0.160 e. The van der Waals surface area contributed by atoms with E-state index < -0.39 is 0 Å². The summed E-state index contributed by atoms with van der Waals surface area (Å²) in [6.07, 6.45) is 4.37. The molecule has 4 heteroatoms. The van der Waals surface area contributed by atoms with E-state index in [1.165, 1.54) is 0 Å². The van der Waals surface area contributed by atoms with Crippen molar-refractivity contribution in [2.45, 2.75) is 6.42 Å². The number of hydrogen-bond donors (Lipinski definition) is 1. The number of nitrogens with zero attached hydrogens (tertiary/aromatic N) is 2. The fraction of sp³-hybridized carbons (Fsp3) is 0.167. The molecule has 0 amide bonds. The molecule has 0 spiro atoms. The van der Waals surface area contributed by atoms with Crippen molar-refractivity contribution in [1.29, 1.82) is 0 Å². The minimum Gasteiger partial charge on any atom is -0.330 e. The highest BCUT2D eigenvalue weighted by molar-refractivity contribution is 6.33. The zero-order valence-corrected chi connectivity index (χ0v) is 9.48. The van der Waals surface area contributed by atoms with E-state index in [1.54, 1.807) is 12.4 Å². The molecule has 0 saturated carbocycles. The minimum atomic E-state index is 0.606. The lowest BCUT2D eigenvalue weighted by Gasteiger charge is -2.03. The van der Waals surface area contributed by atoms with Crippen LogP contribution in [0.1, 0.15) is 5.56 Å². The highest BCUT2D eigenvalue weighted by atomic mass is 35.5. The van der Waals surface area contributed by atoms with Gasteiger partial charge in [-0.2, -0.15) is 0 Å². The Morgan fingerprint density at radius 2 is 1.81 bits per heavy atom. The quantitative estimate of drug-likeness (QED) is 0.885. The van der Waals surface area contributed by atoms with Gasteiger partial charge in [0, 0.05) is 18.0 Å². The normalized spacial score (nSPS) is 10.4. The summed E-state index contributed by atoms with van der Waals surface area (Å²) in [6.45, 7) is 0.606. The van der Waals surface area contributed by atoms with E-state index in [0.717, 1.165) is 17.5 Å². The third kappa shape index (κ3) is 2.38. The molecule has 1 aromatic carbocycles. The molecule has 0 unspecified atom stereocenters. The predicted molar refractivity (Wildman–Crippen MR) is 65.2 cm³/mol. The molecule has 0 aliphatic rings. The van der Waals surface area contributed by atoms with Gasteiger partial charge in [0.2, 0.25) is 0 Å². The zero-order valence-electron chi connectivity index (χ0n) is 8.73. The SMILES string of the molecule is NCCc1cnc(-c2ccccc2Cl)nc1. The topological polar surface area (TPSA) is 51.8 Å². The summed E-state index contributed by atoms with van der Waals surface area (Å²) in [5, 5.41) is 0.661. The van der Waals surface area contributed by atoms with Crippen LogP contribution in [0, 0.1) is 0 Å². The van der Waals surface area contributed by atoms with Crippen LogP contribution in [-0.2, 0) is 6.42 Å². The van der Waals surface area contributed by atoms with Crippen molar-refractivity contribution in [3.05, 3.63) is 47.2 Å². The first kappa shape index (κ1) is 11.0. The van der Waals surface area contributed by atoms with E-state index in [-0.39, 0.29) is 0 Å². The van der Waals surface area contributed by atoms with Gasteiger partial charge in [0.15, 0.2) is 5.82 Å². The molecule has 0 bridgehead atoms. The standard InChI is InChI=1S/C12H12ClN3/c13-11-4-2-1-3-10(11)12-15-7-9(5-6-14)8-16-12/h1-4,7-8H,5-6,14H2. The van der Waals surface area contributed by atoms with E-state index in [0.29, 0.717) is 17.4 Å². The average Bonchev–Trinajstić information content (AvgIpc) is 2.31. The van der Waals surface area contributed by atoms with E-state index in [4.69, 9.17) is 17.3 Å². The average molecular weight is 234 g/mol. The van der Waals surface area contributed by atoms with Gasteiger partial charge in [0.05, 0.1) is 5.02 Å².